The Hall–Kier alpha value is -3.96. The molecule has 0 saturated carbocycles. The van der Waals surface area contributed by atoms with Crippen LogP contribution in [0.3, 0.4) is 0 Å². The van der Waals surface area contributed by atoms with E-state index >= 15 is 0 Å². The predicted molar refractivity (Wildman–Crippen MR) is 104 cm³/mol. The third kappa shape index (κ3) is 5.56. The number of rotatable bonds is 7. The Bertz CT molecular complexity index is 1180. The molecule has 0 aliphatic carbocycles. The molecule has 12 heteroatoms. The highest BCUT2D eigenvalue weighted by Gasteiger charge is 2.29. The van der Waals surface area contributed by atoms with Crippen molar-refractivity contribution < 1.29 is 22.3 Å². The second kappa shape index (κ2) is 8.42. The Balaban J connectivity index is 1.56. The van der Waals surface area contributed by atoms with Crippen molar-refractivity contribution in [2.45, 2.75) is 12.7 Å². The smallest absolute Gasteiger partial charge is 0.422 e. The van der Waals surface area contributed by atoms with E-state index in [-0.39, 0.29) is 24.3 Å². The fourth-order valence-electron chi connectivity index (χ4n) is 2.63. The van der Waals surface area contributed by atoms with Crippen LogP contribution in [0.2, 0.25) is 0 Å². The van der Waals surface area contributed by atoms with Gasteiger partial charge in [0.1, 0.15) is 5.82 Å². The average Bonchev–Trinajstić information content (AvgIpc) is 3.19. The van der Waals surface area contributed by atoms with Gasteiger partial charge in [-0.15, -0.1) is 0 Å². The van der Waals surface area contributed by atoms with Gasteiger partial charge in [-0.3, -0.25) is 5.10 Å². The predicted octanol–water partition coefficient (Wildman–Crippen LogP) is 4.18. The summed E-state index contributed by atoms with van der Waals surface area (Å²) in [6, 6.07) is 10.5. The first kappa shape index (κ1) is 20.3. The van der Waals surface area contributed by atoms with Gasteiger partial charge in [0.15, 0.2) is 6.61 Å². The van der Waals surface area contributed by atoms with E-state index in [2.05, 4.69) is 40.5 Å². The molecular weight excluding hydrogens is 418 g/mol. The number of ether oxygens (including phenoxy) is 1. The molecule has 0 aliphatic heterocycles. The minimum absolute atomic E-state index is 0.0124. The molecule has 4 rings (SSSR count). The van der Waals surface area contributed by atoms with Crippen molar-refractivity contribution in [3.63, 3.8) is 0 Å². The van der Waals surface area contributed by atoms with Gasteiger partial charge in [0.2, 0.25) is 11.9 Å². The highest BCUT2D eigenvalue weighted by Crippen LogP contribution is 2.22. The normalized spacial score (nSPS) is 11.5. The number of H-pyrrole nitrogens is 1. The molecule has 2 aromatic heterocycles. The number of aromatic amines is 1. The monoisotopic (exact) mass is 433 g/mol. The van der Waals surface area contributed by atoms with E-state index in [1.165, 1.54) is 12.1 Å². The summed E-state index contributed by atoms with van der Waals surface area (Å²) in [5.41, 5.74) is 2.05. The van der Waals surface area contributed by atoms with Crippen molar-refractivity contribution in [1.29, 1.82) is 0 Å². The van der Waals surface area contributed by atoms with Crippen molar-refractivity contribution in [3.8, 4) is 6.01 Å². The third-order valence-electron chi connectivity index (χ3n) is 4.04. The fourth-order valence-corrected chi connectivity index (χ4v) is 2.63. The van der Waals surface area contributed by atoms with Crippen molar-refractivity contribution in [1.82, 2.24) is 25.1 Å². The molecule has 31 heavy (non-hydrogen) atoms. The summed E-state index contributed by atoms with van der Waals surface area (Å²) in [4.78, 5) is 11.9. The van der Waals surface area contributed by atoms with Crippen LogP contribution in [0.1, 0.15) is 5.56 Å². The number of hydrogen-bond acceptors (Lipinski definition) is 7. The number of aromatic nitrogens is 5. The minimum Gasteiger partial charge on any atom is -0.454 e. The van der Waals surface area contributed by atoms with Crippen molar-refractivity contribution in [2.75, 3.05) is 17.2 Å². The van der Waals surface area contributed by atoms with Crippen LogP contribution in [0.15, 0.2) is 48.7 Å². The summed E-state index contributed by atoms with van der Waals surface area (Å²) in [5, 5.41) is 13.4. The van der Waals surface area contributed by atoms with Gasteiger partial charge < -0.3 is 15.4 Å². The van der Waals surface area contributed by atoms with Crippen LogP contribution in [0, 0.1) is 5.82 Å². The molecule has 160 valence electrons. The fraction of sp³-hybridized carbons (Fsp3) is 0.158. The molecule has 3 N–H and O–H groups in total. The lowest BCUT2D eigenvalue weighted by molar-refractivity contribution is -0.154. The van der Waals surface area contributed by atoms with Gasteiger partial charge in [0.05, 0.1) is 11.7 Å². The molecule has 2 heterocycles. The first-order valence-corrected chi connectivity index (χ1v) is 8.98. The first-order valence-electron chi connectivity index (χ1n) is 8.98. The van der Waals surface area contributed by atoms with Gasteiger partial charge in [0, 0.05) is 17.6 Å². The van der Waals surface area contributed by atoms with Gasteiger partial charge in [-0.2, -0.15) is 33.2 Å². The Kier molecular flexibility index (Phi) is 5.52. The van der Waals surface area contributed by atoms with Gasteiger partial charge in [-0.25, -0.2) is 4.39 Å². The van der Waals surface area contributed by atoms with Crippen LogP contribution in [0.5, 0.6) is 6.01 Å². The summed E-state index contributed by atoms with van der Waals surface area (Å²) in [7, 11) is 0. The van der Waals surface area contributed by atoms with E-state index in [0.29, 0.717) is 5.69 Å². The number of fused-ring (bicyclic) bond motifs is 1. The quantitative estimate of drug-likeness (QED) is 0.376. The summed E-state index contributed by atoms with van der Waals surface area (Å²) >= 11 is 0. The molecule has 0 fully saturated rings. The number of halogens is 4. The summed E-state index contributed by atoms with van der Waals surface area (Å²) < 4.78 is 55.4. The lowest BCUT2D eigenvalue weighted by Crippen LogP contribution is -2.21. The van der Waals surface area contributed by atoms with Crippen LogP contribution in [0.4, 0.5) is 35.1 Å². The molecule has 2 aromatic carbocycles. The standard InChI is InChI=1S/C19H15F4N7O/c20-13-4-1-11(2-5-13)8-24-16-27-17(29-18(28-16)31-10-19(21,22)23)26-14-6-3-12-9-25-30-15(12)7-14/h1-7,9H,8,10H2,(H,25,30)(H2,24,26,27,28,29). The van der Waals surface area contributed by atoms with Gasteiger partial charge >= 0.3 is 12.2 Å². The molecular formula is C19H15F4N7O. The largest absolute Gasteiger partial charge is 0.454 e. The lowest BCUT2D eigenvalue weighted by atomic mass is 10.2. The van der Waals surface area contributed by atoms with Crippen LogP contribution in [0.25, 0.3) is 10.9 Å². The Morgan fingerprint density at radius 1 is 0.968 bits per heavy atom. The number of anilines is 3. The average molecular weight is 433 g/mol. The van der Waals surface area contributed by atoms with E-state index in [9.17, 15) is 17.6 Å². The Morgan fingerprint density at radius 3 is 2.52 bits per heavy atom. The molecule has 0 atom stereocenters. The highest BCUT2D eigenvalue weighted by atomic mass is 19.4. The molecule has 0 spiro atoms. The maximum Gasteiger partial charge on any atom is 0.422 e. The Labute approximate surface area is 172 Å². The molecule has 8 nitrogen and oxygen atoms in total. The van der Waals surface area contributed by atoms with Crippen LogP contribution < -0.4 is 15.4 Å². The van der Waals surface area contributed by atoms with Gasteiger partial charge in [-0.05, 0) is 35.9 Å². The summed E-state index contributed by atoms with van der Waals surface area (Å²) in [6.07, 6.45) is -2.89. The summed E-state index contributed by atoms with van der Waals surface area (Å²) in [6.45, 7) is -1.34. The zero-order chi connectivity index (χ0) is 21.8. The zero-order valence-corrected chi connectivity index (χ0v) is 15.7. The van der Waals surface area contributed by atoms with Gasteiger partial charge in [0.25, 0.3) is 0 Å². The van der Waals surface area contributed by atoms with Crippen LogP contribution in [-0.4, -0.2) is 37.9 Å². The minimum atomic E-state index is -4.55. The zero-order valence-electron chi connectivity index (χ0n) is 15.7. The van der Waals surface area contributed by atoms with Crippen LogP contribution in [-0.2, 0) is 6.54 Å². The Morgan fingerprint density at radius 2 is 1.74 bits per heavy atom. The third-order valence-corrected chi connectivity index (χ3v) is 4.04. The van der Waals surface area contributed by atoms with Gasteiger partial charge in [-0.1, -0.05) is 12.1 Å². The van der Waals surface area contributed by atoms with E-state index < -0.39 is 18.8 Å². The van der Waals surface area contributed by atoms with Crippen molar-refractivity contribution >= 4 is 28.5 Å². The maximum atomic E-state index is 13.0. The SMILES string of the molecule is Fc1ccc(CNc2nc(Nc3ccc4cn[nH]c4c3)nc(OCC(F)(F)F)n2)cc1. The number of hydrogen-bond donors (Lipinski definition) is 3. The molecule has 0 bridgehead atoms. The van der Waals surface area contributed by atoms with Crippen molar-refractivity contribution in [3.05, 3.63) is 60.0 Å². The second-order valence-corrected chi connectivity index (χ2v) is 6.45. The molecule has 4 aromatic rings. The van der Waals surface area contributed by atoms with E-state index in [1.807, 2.05) is 0 Å². The van der Waals surface area contributed by atoms with E-state index in [0.717, 1.165) is 16.5 Å². The number of nitrogens with zero attached hydrogens (tertiary/aromatic N) is 4. The molecule has 0 saturated heterocycles. The summed E-state index contributed by atoms with van der Waals surface area (Å²) in [5.74, 6) is -0.415. The molecule has 0 aliphatic rings. The highest BCUT2D eigenvalue weighted by molar-refractivity contribution is 5.82. The van der Waals surface area contributed by atoms with Crippen LogP contribution >= 0.6 is 0 Å². The van der Waals surface area contributed by atoms with E-state index in [1.54, 1.807) is 36.5 Å². The molecule has 0 radical (unpaired) electrons. The lowest BCUT2D eigenvalue weighted by Gasteiger charge is -2.12. The number of alkyl halides is 3. The molecule has 0 amide bonds. The topological polar surface area (TPSA) is 101 Å². The van der Waals surface area contributed by atoms with Crippen molar-refractivity contribution in [2.24, 2.45) is 0 Å². The first-order chi connectivity index (χ1) is 14.8. The van der Waals surface area contributed by atoms with E-state index in [4.69, 9.17) is 0 Å². The number of nitrogens with one attached hydrogen (secondary N) is 3. The second-order valence-electron chi connectivity index (χ2n) is 6.45. The molecule has 0 unspecified atom stereocenters. The number of benzene rings is 2. The maximum absolute atomic E-state index is 13.0.